The van der Waals surface area contributed by atoms with Crippen LogP contribution in [0.1, 0.15) is 38.5 Å². The molecule has 0 aliphatic heterocycles. The Morgan fingerprint density at radius 3 is 2.89 bits per heavy atom. The number of aryl methyl sites for hydroxylation is 1. The van der Waals surface area contributed by atoms with Crippen molar-refractivity contribution in [3.63, 3.8) is 0 Å². The lowest BCUT2D eigenvalue weighted by atomic mass is 10.1. The van der Waals surface area contributed by atoms with Crippen molar-refractivity contribution in [1.29, 1.82) is 0 Å². The van der Waals surface area contributed by atoms with Crippen LogP contribution in [-0.4, -0.2) is 15.2 Å². The first-order chi connectivity index (χ1) is 8.79. The van der Waals surface area contributed by atoms with Gasteiger partial charge in [0.15, 0.2) is 0 Å². The molecule has 0 aliphatic rings. The van der Waals surface area contributed by atoms with Crippen LogP contribution in [0.25, 0.3) is 11.4 Å². The molecule has 0 unspecified atom stereocenters. The second-order valence-electron chi connectivity index (χ2n) is 4.37. The molecule has 0 saturated carbocycles. The van der Waals surface area contributed by atoms with E-state index < -0.39 is 0 Å². The molecule has 0 fully saturated rings. The number of hydrogen-bond acceptors (Lipinski definition) is 4. The van der Waals surface area contributed by atoms with E-state index in [2.05, 4.69) is 17.1 Å². The topological polar surface area (TPSA) is 59.2 Å². The van der Waals surface area contributed by atoms with E-state index in [9.17, 15) is 5.11 Å². The van der Waals surface area contributed by atoms with Gasteiger partial charge in [-0.25, -0.2) is 0 Å². The van der Waals surface area contributed by atoms with Crippen molar-refractivity contribution < 1.29 is 9.63 Å². The van der Waals surface area contributed by atoms with E-state index >= 15 is 0 Å². The van der Waals surface area contributed by atoms with Crippen LogP contribution in [0.3, 0.4) is 0 Å². The summed E-state index contributed by atoms with van der Waals surface area (Å²) in [4.78, 5) is 4.33. The second-order valence-corrected chi connectivity index (χ2v) is 4.37. The minimum Gasteiger partial charge on any atom is -0.508 e. The summed E-state index contributed by atoms with van der Waals surface area (Å²) < 4.78 is 5.20. The normalized spacial score (nSPS) is 10.7. The van der Waals surface area contributed by atoms with Crippen molar-refractivity contribution in [3.8, 4) is 17.1 Å². The summed E-state index contributed by atoms with van der Waals surface area (Å²) in [5, 5.41) is 13.3. The highest BCUT2D eigenvalue weighted by Crippen LogP contribution is 2.20. The van der Waals surface area contributed by atoms with Crippen LogP contribution in [0, 0.1) is 0 Å². The Bertz CT molecular complexity index is 494. The Morgan fingerprint density at radius 2 is 2.11 bits per heavy atom. The highest BCUT2D eigenvalue weighted by molar-refractivity contribution is 5.56. The molecule has 4 heteroatoms. The number of benzene rings is 1. The molecule has 0 bridgehead atoms. The summed E-state index contributed by atoms with van der Waals surface area (Å²) in [6, 6.07) is 6.87. The lowest BCUT2D eigenvalue weighted by molar-refractivity contribution is 0.374. The monoisotopic (exact) mass is 246 g/mol. The van der Waals surface area contributed by atoms with Crippen molar-refractivity contribution in [2.24, 2.45) is 0 Å². The molecule has 1 aromatic carbocycles. The molecule has 0 radical (unpaired) electrons. The quantitative estimate of drug-likeness (QED) is 0.792. The fourth-order valence-electron chi connectivity index (χ4n) is 1.82. The van der Waals surface area contributed by atoms with E-state index in [1.165, 1.54) is 19.3 Å². The van der Waals surface area contributed by atoms with E-state index in [0.29, 0.717) is 11.7 Å². The molecular weight excluding hydrogens is 228 g/mol. The summed E-state index contributed by atoms with van der Waals surface area (Å²) >= 11 is 0. The van der Waals surface area contributed by atoms with Gasteiger partial charge in [0, 0.05) is 12.0 Å². The Hall–Kier alpha value is -1.84. The molecule has 2 rings (SSSR count). The third-order valence-electron chi connectivity index (χ3n) is 2.82. The number of hydrogen-bond donors (Lipinski definition) is 1. The third-order valence-corrected chi connectivity index (χ3v) is 2.82. The smallest absolute Gasteiger partial charge is 0.226 e. The first kappa shape index (κ1) is 12.6. The number of rotatable bonds is 6. The van der Waals surface area contributed by atoms with Crippen molar-refractivity contribution in [1.82, 2.24) is 10.1 Å². The first-order valence-corrected chi connectivity index (χ1v) is 6.41. The molecule has 0 atom stereocenters. The molecule has 0 aliphatic carbocycles. The minimum atomic E-state index is 0.210. The maximum absolute atomic E-state index is 9.40. The number of phenolic OH excluding ortho intramolecular Hbond substituents is 1. The Balaban J connectivity index is 1.97. The molecule has 4 nitrogen and oxygen atoms in total. The van der Waals surface area contributed by atoms with Gasteiger partial charge in [0.1, 0.15) is 5.75 Å². The highest BCUT2D eigenvalue weighted by atomic mass is 16.5. The van der Waals surface area contributed by atoms with E-state index in [-0.39, 0.29) is 5.75 Å². The van der Waals surface area contributed by atoms with E-state index in [1.54, 1.807) is 18.2 Å². The molecular formula is C14H18N2O2. The molecule has 1 N–H and O–H groups in total. The molecule has 2 aromatic rings. The van der Waals surface area contributed by atoms with E-state index in [4.69, 9.17) is 4.52 Å². The first-order valence-electron chi connectivity index (χ1n) is 6.41. The largest absolute Gasteiger partial charge is 0.508 e. The van der Waals surface area contributed by atoms with Gasteiger partial charge in [-0.05, 0) is 18.6 Å². The standard InChI is InChI=1S/C14H18N2O2/c1-2-3-4-5-9-13-15-14(16-18-13)11-7-6-8-12(17)10-11/h6-8,10,17H,2-5,9H2,1H3. The van der Waals surface area contributed by atoms with Crippen LogP contribution in [0.4, 0.5) is 0 Å². The Kier molecular flexibility index (Phi) is 4.34. The number of phenols is 1. The van der Waals surface area contributed by atoms with Gasteiger partial charge in [0.25, 0.3) is 0 Å². The van der Waals surface area contributed by atoms with Gasteiger partial charge in [-0.3, -0.25) is 0 Å². The lowest BCUT2D eigenvalue weighted by Crippen LogP contribution is -1.86. The van der Waals surface area contributed by atoms with Gasteiger partial charge < -0.3 is 9.63 Å². The van der Waals surface area contributed by atoms with Crippen LogP contribution in [0.2, 0.25) is 0 Å². The summed E-state index contributed by atoms with van der Waals surface area (Å²) in [5.41, 5.74) is 0.776. The predicted octanol–water partition coefficient (Wildman–Crippen LogP) is 3.57. The van der Waals surface area contributed by atoms with Gasteiger partial charge in [0.05, 0.1) is 0 Å². The van der Waals surface area contributed by atoms with E-state index in [0.717, 1.165) is 18.4 Å². The minimum absolute atomic E-state index is 0.210. The van der Waals surface area contributed by atoms with Crippen LogP contribution < -0.4 is 0 Å². The molecule has 96 valence electrons. The summed E-state index contributed by atoms with van der Waals surface area (Å²) in [7, 11) is 0. The number of nitrogens with zero attached hydrogens (tertiary/aromatic N) is 2. The van der Waals surface area contributed by atoms with Gasteiger partial charge in [-0.2, -0.15) is 4.98 Å². The second kappa shape index (κ2) is 6.19. The molecule has 1 heterocycles. The molecule has 0 spiro atoms. The lowest BCUT2D eigenvalue weighted by Gasteiger charge is -1.95. The molecule has 0 amide bonds. The Labute approximate surface area is 107 Å². The van der Waals surface area contributed by atoms with Gasteiger partial charge >= 0.3 is 0 Å². The van der Waals surface area contributed by atoms with Crippen LogP contribution in [0.15, 0.2) is 28.8 Å². The maximum Gasteiger partial charge on any atom is 0.226 e. The highest BCUT2D eigenvalue weighted by Gasteiger charge is 2.08. The molecule has 0 saturated heterocycles. The van der Waals surface area contributed by atoms with Crippen molar-refractivity contribution in [2.45, 2.75) is 39.0 Å². The van der Waals surface area contributed by atoms with Gasteiger partial charge in [0.2, 0.25) is 11.7 Å². The van der Waals surface area contributed by atoms with Crippen LogP contribution in [0.5, 0.6) is 5.75 Å². The summed E-state index contributed by atoms with van der Waals surface area (Å²) in [6.45, 7) is 2.19. The number of aromatic nitrogens is 2. The van der Waals surface area contributed by atoms with Gasteiger partial charge in [-0.1, -0.05) is 43.5 Å². The van der Waals surface area contributed by atoms with Crippen LogP contribution >= 0.6 is 0 Å². The number of aromatic hydroxyl groups is 1. The average Bonchev–Trinajstić information content (AvgIpc) is 2.83. The van der Waals surface area contributed by atoms with Crippen molar-refractivity contribution in [3.05, 3.63) is 30.2 Å². The maximum atomic E-state index is 9.40. The molecule has 1 aromatic heterocycles. The summed E-state index contributed by atoms with van der Waals surface area (Å²) in [6.07, 6.45) is 5.56. The van der Waals surface area contributed by atoms with Crippen LogP contribution in [-0.2, 0) is 6.42 Å². The summed E-state index contributed by atoms with van der Waals surface area (Å²) in [5.74, 6) is 1.42. The predicted molar refractivity (Wildman–Crippen MR) is 69.2 cm³/mol. The third kappa shape index (κ3) is 3.32. The fourth-order valence-corrected chi connectivity index (χ4v) is 1.82. The van der Waals surface area contributed by atoms with E-state index in [1.807, 2.05) is 6.07 Å². The molecule has 18 heavy (non-hydrogen) atoms. The van der Waals surface area contributed by atoms with Gasteiger partial charge in [-0.15, -0.1) is 0 Å². The zero-order chi connectivity index (χ0) is 12.8. The van der Waals surface area contributed by atoms with Crippen molar-refractivity contribution >= 4 is 0 Å². The SMILES string of the molecule is CCCCCCc1nc(-c2cccc(O)c2)no1. The zero-order valence-corrected chi connectivity index (χ0v) is 10.6. The fraction of sp³-hybridized carbons (Fsp3) is 0.429. The zero-order valence-electron chi connectivity index (χ0n) is 10.6. The average molecular weight is 246 g/mol. The van der Waals surface area contributed by atoms with Crippen molar-refractivity contribution in [2.75, 3.05) is 0 Å². The Morgan fingerprint density at radius 1 is 1.22 bits per heavy atom. The number of unbranched alkanes of at least 4 members (excludes halogenated alkanes) is 3.